The van der Waals surface area contributed by atoms with Crippen molar-refractivity contribution in [1.29, 1.82) is 0 Å². The van der Waals surface area contributed by atoms with Gasteiger partial charge in [0, 0.05) is 13.0 Å². The van der Waals surface area contributed by atoms with Gasteiger partial charge in [0.15, 0.2) is 5.67 Å². The summed E-state index contributed by atoms with van der Waals surface area (Å²) in [7, 11) is 0. The zero-order valence-electron chi connectivity index (χ0n) is 11.4. The maximum atomic E-state index is 14.0. The predicted molar refractivity (Wildman–Crippen MR) is 71.1 cm³/mol. The van der Waals surface area contributed by atoms with Crippen LogP contribution in [0.15, 0.2) is 18.7 Å². The van der Waals surface area contributed by atoms with Crippen molar-refractivity contribution in [1.82, 2.24) is 14.9 Å². The Morgan fingerprint density at radius 1 is 1.29 bits per heavy atom. The number of fused-ring (bicyclic) bond motifs is 1. The van der Waals surface area contributed by atoms with Crippen molar-refractivity contribution in [2.45, 2.75) is 43.4 Å². The monoisotopic (exact) mass is 290 g/mol. The van der Waals surface area contributed by atoms with Crippen LogP contribution < -0.4 is 4.90 Å². The van der Waals surface area contributed by atoms with Gasteiger partial charge in [-0.25, -0.2) is 14.4 Å². The molecule has 0 aromatic carbocycles. The van der Waals surface area contributed by atoms with Gasteiger partial charge < -0.3 is 9.80 Å². The number of likely N-dealkylation sites (tertiary alicyclic amines) is 1. The van der Waals surface area contributed by atoms with Crippen LogP contribution in [0.5, 0.6) is 0 Å². The number of anilines is 1. The van der Waals surface area contributed by atoms with Crippen molar-refractivity contribution in [2.24, 2.45) is 0 Å². The normalized spacial score (nSPS) is 29.7. The summed E-state index contributed by atoms with van der Waals surface area (Å²) in [6, 6.07) is -0.312. The van der Waals surface area contributed by atoms with Gasteiger partial charge in [-0.2, -0.15) is 0 Å². The zero-order valence-corrected chi connectivity index (χ0v) is 11.4. The minimum Gasteiger partial charge on any atom is -0.334 e. The van der Waals surface area contributed by atoms with E-state index in [4.69, 9.17) is 0 Å². The van der Waals surface area contributed by atoms with E-state index >= 15 is 0 Å². The smallest absolute Gasteiger partial charge is 0.260 e. The van der Waals surface area contributed by atoms with E-state index in [1.54, 1.807) is 22.2 Å². The number of rotatable bonds is 2. The first kappa shape index (κ1) is 12.7. The van der Waals surface area contributed by atoms with E-state index < -0.39 is 11.6 Å². The van der Waals surface area contributed by atoms with Crippen LogP contribution >= 0.6 is 0 Å². The molecule has 21 heavy (non-hydrogen) atoms. The molecule has 1 saturated carbocycles. The third kappa shape index (κ3) is 1.83. The van der Waals surface area contributed by atoms with Gasteiger partial charge in [0.1, 0.15) is 6.33 Å². The molecule has 1 aromatic rings. The first-order valence-corrected chi connectivity index (χ1v) is 7.17. The molecule has 1 aromatic heterocycles. The third-order valence-electron chi connectivity index (χ3n) is 4.65. The molecule has 7 heteroatoms. The minimum atomic E-state index is -1.67. The Bertz CT molecular complexity index is 604. The molecule has 2 aliphatic heterocycles. The van der Waals surface area contributed by atoms with Crippen molar-refractivity contribution in [3.05, 3.63) is 18.7 Å². The van der Waals surface area contributed by atoms with Crippen LogP contribution in [0.1, 0.15) is 25.7 Å². The molecule has 4 rings (SSSR count). The number of amides is 2. The van der Waals surface area contributed by atoms with Crippen molar-refractivity contribution in [3.63, 3.8) is 0 Å². The summed E-state index contributed by atoms with van der Waals surface area (Å²) >= 11 is 0. The quantitative estimate of drug-likeness (QED) is 0.803. The van der Waals surface area contributed by atoms with Gasteiger partial charge in [-0.15, -0.1) is 0 Å². The molecule has 3 heterocycles. The second-order valence-electron chi connectivity index (χ2n) is 5.95. The fraction of sp³-hybridized carbons (Fsp3) is 0.571. The van der Waals surface area contributed by atoms with Crippen molar-refractivity contribution < 1.29 is 14.0 Å². The van der Waals surface area contributed by atoms with E-state index in [9.17, 15) is 14.0 Å². The number of carbonyl (C=O) groups is 2. The summed E-state index contributed by atoms with van der Waals surface area (Å²) in [6.07, 6.45) is 6.14. The number of alkyl halides is 1. The molecule has 2 saturated heterocycles. The fourth-order valence-corrected chi connectivity index (χ4v) is 3.43. The molecule has 0 N–H and O–H groups in total. The standard InChI is InChI=1S/C14H15FN4O2/c15-14(2-3-14)13(21)18-4-1-10-11(18)5-12(20)19(10)9-6-16-8-17-7-9/h6-8,10-11H,1-5H2. The van der Waals surface area contributed by atoms with E-state index in [1.807, 2.05) is 0 Å². The second kappa shape index (κ2) is 4.22. The van der Waals surface area contributed by atoms with Gasteiger partial charge >= 0.3 is 0 Å². The van der Waals surface area contributed by atoms with Crippen LogP contribution in [0.3, 0.4) is 0 Å². The highest BCUT2D eigenvalue weighted by Crippen LogP contribution is 2.44. The van der Waals surface area contributed by atoms with E-state index in [1.165, 1.54) is 6.33 Å². The number of nitrogens with zero attached hydrogens (tertiary/aromatic N) is 4. The lowest BCUT2D eigenvalue weighted by Crippen LogP contribution is -2.44. The molecular formula is C14H15FN4O2. The van der Waals surface area contributed by atoms with Gasteiger partial charge in [0.25, 0.3) is 5.91 Å². The molecule has 2 unspecified atom stereocenters. The Hall–Kier alpha value is -2.05. The number of hydrogen-bond donors (Lipinski definition) is 0. The lowest BCUT2D eigenvalue weighted by Gasteiger charge is -2.26. The van der Waals surface area contributed by atoms with Crippen LogP contribution in [0.4, 0.5) is 10.1 Å². The molecule has 110 valence electrons. The van der Waals surface area contributed by atoms with Gasteiger partial charge in [-0.3, -0.25) is 9.59 Å². The largest absolute Gasteiger partial charge is 0.334 e. The SMILES string of the molecule is O=C1CC2C(CCN2C(=O)C2(F)CC2)N1c1cncnc1. The van der Waals surface area contributed by atoms with Gasteiger partial charge in [0.05, 0.1) is 30.2 Å². The zero-order chi connectivity index (χ0) is 14.6. The topological polar surface area (TPSA) is 66.4 Å². The highest BCUT2D eigenvalue weighted by molar-refractivity contribution is 5.98. The maximum Gasteiger partial charge on any atom is 0.260 e. The van der Waals surface area contributed by atoms with Crippen molar-refractivity contribution in [2.75, 3.05) is 11.4 Å². The highest BCUT2D eigenvalue weighted by Gasteiger charge is 2.58. The minimum absolute atomic E-state index is 0.0546. The van der Waals surface area contributed by atoms with Crippen LogP contribution in [0, 0.1) is 0 Å². The molecule has 1 aliphatic carbocycles. The lowest BCUT2D eigenvalue weighted by molar-refractivity contribution is -0.139. The average molecular weight is 290 g/mol. The Kier molecular flexibility index (Phi) is 2.55. The van der Waals surface area contributed by atoms with E-state index in [-0.39, 0.29) is 24.4 Å². The molecular weight excluding hydrogens is 275 g/mol. The van der Waals surface area contributed by atoms with E-state index in [2.05, 4.69) is 9.97 Å². The Morgan fingerprint density at radius 2 is 2.00 bits per heavy atom. The van der Waals surface area contributed by atoms with Crippen LogP contribution in [0.2, 0.25) is 0 Å². The molecule has 2 amide bonds. The molecule has 2 atom stereocenters. The third-order valence-corrected chi connectivity index (χ3v) is 4.65. The predicted octanol–water partition coefficient (Wildman–Crippen LogP) is 0.685. The van der Waals surface area contributed by atoms with Crippen LogP contribution in [0.25, 0.3) is 0 Å². The van der Waals surface area contributed by atoms with Crippen molar-refractivity contribution in [3.8, 4) is 0 Å². The number of aromatic nitrogens is 2. The number of hydrogen-bond acceptors (Lipinski definition) is 4. The highest BCUT2D eigenvalue weighted by atomic mass is 19.1. The summed E-state index contributed by atoms with van der Waals surface area (Å²) in [4.78, 5) is 35.6. The number of carbonyl (C=O) groups excluding carboxylic acids is 2. The molecule has 6 nitrogen and oxygen atoms in total. The number of halogens is 1. The first-order valence-electron chi connectivity index (χ1n) is 7.17. The van der Waals surface area contributed by atoms with Gasteiger partial charge in [0.2, 0.25) is 5.91 Å². The molecule has 3 fully saturated rings. The first-order chi connectivity index (χ1) is 10.1. The summed E-state index contributed by atoms with van der Waals surface area (Å²) in [5.41, 5.74) is -1.02. The molecule has 0 radical (unpaired) electrons. The van der Waals surface area contributed by atoms with Gasteiger partial charge in [-0.05, 0) is 19.3 Å². The average Bonchev–Trinajstić information content (AvgIpc) is 2.98. The Morgan fingerprint density at radius 3 is 2.67 bits per heavy atom. The summed E-state index contributed by atoms with van der Waals surface area (Å²) in [5, 5.41) is 0. The lowest BCUT2D eigenvalue weighted by atomic mass is 10.1. The van der Waals surface area contributed by atoms with Crippen LogP contribution in [-0.2, 0) is 9.59 Å². The summed E-state index contributed by atoms with van der Waals surface area (Å²) < 4.78 is 14.0. The molecule has 3 aliphatic rings. The molecule has 0 bridgehead atoms. The van der Waals surface area contributed by atoms with Gasteiger partial charge in [-0.1, -0.05) is 0 Å². The summed E-state index contributed by atoms with van der Waals surface area (Å²) in [5.74, 6) is -0.491. The molecule has 0 spiro atoms. The Labute approximate surface area is 121 Å². The van der Waals surface area contributed by atoms with E-state index in [0.717, 1.165) is 0 Å². The fourth-order valence-electron chi connectivity index (χ4n) is 3.43. The maximum absolute atomic E-state index is 14.0. The Balaban J connectivity index is 1.60. The van der Waals surface area contributed by atoms with Crippen molar-refractivity contribution >= 4 is 17.5 Å². The van der Waals surface area contributed by atoms with E-state index in [0.29, 0.717) is 31.5 Å². The summed E-state index contributed by atoms with van der Waals surface area (Å²) in [6.45, 7) is 0.511. The van der Waals surface area contributed by atoms with Crippen LogP contribution in [-0.4, -0.2) is 51.0 Å². The second-order valence-corrected chi connectivity index (χ2v) is 5.95.